The monoisotopic (exact) mass is 502 g/mol. The molecule has 11 heteroatoms. The van der Waals surface area contributed by atoms with Gasteiger partial charge in [-0.15, -0.1) is 0 Å². The molecule has 2 aromatic rings. The van der Waals surface area contributed by atoms with Crippen LogP contribution >= 0.6 is 0 Å². The number of hydrogen-bond acceptors (Lipinski definition) is 7. The van der Waals surface area contributed by atoms with Crippen molar-refractivity contribution in [2.24, 2.45) is 0 Å². The van der Waals surface area contributed by atoms with Crippen LogP contribution in [0.4, 0.5) is 10.5 Å². The zero-order valence-corrected chi connectivity index (χ0v) is 20.0. The molecule has 1 aliphatic carbocycles. The van der Waals surface area contributed by atoms with E-state index in [1.165, 1.54) is 12.1 Å². The number of carboxylic acid groups (broad SMARTS) is 1. The molecule has 188 valence electrons. The molecule has 0 heterocycles. The third kappa shape index (κ3) is 7.66. The number of anilines is 1. The molecule has 0 unspecified atom stereocenters. The van der Waals surface area contributed by atoms with Crippen LogP contribution in [0.15, 0.2) is 59.5 Å². The minimum atomic E-state index is -4.21. The fraction of sp³-hybridized carbons (Fsp3) is 0.417. The lowest BCUT2D eigenvalue weighted by Crippen LogP contribution is -2.50. The Labute approximate surface area is 205 Å². The first kappa shape index (κ1) is 26.4. The Morgan fingerprint density at radius 1 is 1.17 bits per heavy atom. The zero-order chi connectivity index (χ0) is 25.3. The van der Waals surface area contributed by atoms with Gasteiger partial charge in [-0.3, -0.25) is 4.84 Å². The molecule has 2 aromatic carbocycles. The second-order valence-corrected chi connectivity index (χ2v) is 10.2. The third-order valence-corrected chi connectivity index (χ3v) is 7.37. The Bertz CT molecular complexity index is 1120. The van der Waals surface area contributed by atoms with Crippen molar-refractivity contribution in [1.82, 2.24) is 9.79 Å². The summed E-state index contributed by atoms with van der Waals surface area (Å²) < 4.78 is 27.9. The molecule has 35 heavy (non-hydrogen) atoms. The van der Waals surface area contributed by atoms with Gasteiger partial charge in [0.05, 0.1) is 35.8 Å². The molecule has 1 amide bonds. The topological polar surface area (TPSA) is 152 Å². The Kier molecular flexibility index (Phi) is 9.45. The van der Waals surface area contributed by atoms with Gasteiger partial charge in [-0.25, -0.2) is 13.2 Å². The number of amides is 1. The van der Waals surface area contributed by atoms with Crippen LogP contribution in [-0.2, 0) is 21.3 Å². The van der Waals surface area contributed by atoms with Crippen molar-refractivity contribution in [3.8, 4) is 6.07 Å². The molecule has 0 saturated heterocycles. The van der Waals surface area contributed by atoms with Crippen molar-refractivity contribution >= 4 is 21.8 Å². The normalized spacial score (nSPS) is 15.9. The number of rotatable bonds is 12. The molecule has 0 spiro atoms. The first-order chi connectivity index (χ1) is 16.8. The van der Waals surface area contributed by atoms with E-state index >= 15 is 0 Å². The summed E-state index contributed by atoms with van der Waals surface area (Å²) in [7, 11) is -4.21. The molecular formula is C24H30N4O6S. The fourth-order valence-electron chi connectivity index (χ4n) is 3.97. The zero-order valence-electron chi connectivity index (χ0n) is 19.2. The van der Waals surface area contributed by atoms with E-state index in [4.69, 9.17) is 10.1 Å². The summed E-state index contributed by atoms with van der Waals surface area (Å²) in [5.41, 5.74) is 1.23. The largest absolute Gasteiger partial charge is 0.465 e. The minimum absolute atomic E-state index is 0.00648. The van der Waals surface area contributed by atoms with Crippen LogP contribution in [0.25, 0.3) is 0 Å². The Hall–Kier alpha value is -3.17. The van der Waals surface area contributed by atoms with Gasteiger partial charge in [0.2, 0.25) is 0 Å². The highest BCUT2D eigenvalue weighted by Gasteiger charge is 2.34. The van der Waals surface area contributed by atoms with E-state index in [0.29, 0.717) is 18.5 Å². The predicted octanol–water partition coefficient (Wildman–Crippen LogP) is 2.73. The van der Waals surface area contributed by atoms with Gasteiger partial charge in [0.25, 0.3) is 10.0 Å². The van der Waals surface area contributed by atoms with Crippen LogP contribution in [-0.4, -0.2) is 60.5 Å². The standard InChI is InChI=1S/C24H30N4O6S/c25-13-14-26-19-9-6-12-21(16-19)35(32,33)28(34-20-10-4-5-11-20)17-23(29)22(27-24(30)31)15-18-7-2-1-3-8-18/h1-3,6-9,12,16,20,22-23,26-27,29H,4-5,10-11,14-15,17H2,(H,30,31)/t22-,23+/m0/s1. The molecule has 1 saturated carbocycles. The van der Waals surface area contributed by atoms with Crippen molar-refractivity contribution in [1.29, 1.82) is 5.26 Å². The highest BCUT2D eigenvalue weighted by Crippen LogP contribution is 2.27. The van der Waals surface area contributed by atoms with E-state index in [9.17, 15) is 23.4 Å². The van der Waals surface area contributed by atoms with E-state index in [1.807, 2.05) is 12.1 Å². The molecule has 1 fully saturated rings. The first-order valence-corrected chi connectivity index (χ1v) is 12.9. The molecule has 4 N–H and O–H groups in total. The number of hydroxylamine groups is 1. The smallest absolute Gasteiger partial charge is 0.404 e. The maximum Gasteiger partial charge on any atom is 0.404 e. The summed E-state index contributed by atoms with van der Waals surface area (Å²) in [6.45, 7) is -0.459. The van der Waals surface area contributed by atoms with Gasteiger partial charge < -0.3 is 20.8 Å². The summed E-state index contributed by atoms with van der Waals surface area (Å²) in [6, 6.07) is 16.0. The van der Waals surface area contributed by atoms with Gasteiger partial charge in [-0.1, -0.05) is 53.7 Å². The number of nitrogens with zero attached hydrogens (tertiary/aromatic N) is 2. The van der Waals surface area contributed by atoms with Crippen LogP contribution in [0, 0.1) is 11.3 Å². The Morgan fingerprint density at radius 3 is 2.54 bits per heavy atom. The van der Waals surface area contributed by atoms with E-state index in [1.54, 1.807) is 36.4 Å². The minimum Gasteiger partial charge on any atom is -0.465 e. The summed E-state index contributed by atoms with van der Waals surface area (Å²) in [5, 5.41) is 34.2. The first-order valence-electron chi connectivity index (χ1n) is 11.4. The highest BCUT2D eigenvalue weighted by molar-refractivity contribution is 7.89. The van der Waals surface area contributed by atoms with Crippen molar-refractivity contribution in [2.45, 2.75) is 55.2 Å². The number of aliphatic hydroxyl groups is 1. The predicted molar refractivity (Wildman–Crippen MR) is 129 cm³/mol. The van der Waals surface area contributed by atoms with Crippen molar-refractivity contribution < 1.29 is 28.3 Å². The van der Waals surface area contributed by atoms with Crippen LogP contribution in [0.5, 0.6) is 0 Å². The van der Waals surface area contributed by atoms with Crippen molar-refractivity contribution in [2.75, 3.05) is 18.4 Å². The molecular weight excluding hydrogens is 472 g/mol. The lowest BCUT2D eigenvalue weighted by Gasteiger charge is -2.30. The Morgan fingerprint density at radius 2 is 1.89 bits per heavy atom. The fourth-order valence-corrected chi connectivity index (χ4v) is 5.32. The number of sulfonamides is 1. The van der Waals surface area contributed by atoms with E-state index < -0.39 is 34.8 Å². The van der Waals surface area contributed by atoms with Gasteiger partial charge in [0.15, 0.2) is 0 Å². The number of nitrogens with one attached hydrogen (secondary N) is 2. The van der Waals surface area contributed by atoms with Gasteiger partial charge in [0, 0.05) is 5.69 Å². The molecule has 2 atom stereocenters. The van der Waals surface area contributed by atoms with E-state index in [-0.39, 0.29) is 24.0 Å². The SMILES string of the molecule is N#CCNc1cccc(S(=O)(=O)N(C[C@@H](O)[C@H](Cc2ccccc2)NC(=O)O)OC2CCCC2)c1. The third-order valence-electron chi connectivity index (χ3n) is 5.75. The van der Waals surface area contributed by atoms with Gasteiger partial charge in [-0.2, -0.15) is 5.26 Å². The Balaban J connectivity index is 1.86. The maximum absolute atomic E-state index is 13.5. The van der Waals surface area contributed by atoms with Gasteiger partial charge in [0.1, 0.15) is 6.54 Å². The van der Waals surface area contributed by atoms with Crippen molar-refractivity contribution in [3.05, 3.63) is 60.2 Å². The highest BCUT2D eigenvalue weighted by atomic mass is 32.2. The lowest BCUT2D eigenvalue weighted by molar-refractivity contribution is -0.145. The van der Waals surface area contributed by atoms with Crippen LogP contribution in [0.1, 0.15) is 31.2 Å². The number of aliphatic hydroxyl groups excluding tert-OH is 1. The summed E-state index contributed by atoms with van der Waals surface area (Å²) in [4.78, 5) is 17.2. The van der Waals surface area contributed by atoms with Crippen LogP contribution in [0.2, 0.25) is 0 Å². The lowest BCUT2D eigenvalue weighted by atomic mass is 10.0. The summed E-state index contributed by atoms with van der Waals surface area (Å²) >= 11 is 0. The number of benzene rings is 2. The molecule has 0 aromatic heterocycles. The maximum atomic E-state index is 13.5. The van der Waals surface area contributed by atoms with Crippen LogP contribution < -0.4 is 10.6 Å². The average molecular weight is 503 g/mol. The quantitative estimate of drug-likeness (QED) is 0.255. The summed E-state index contributed by atoms with van der Waals surface area (Å²) in [6.07, 6.45) is 0.322. The van der Waals surface area contributed by atoms with E-state index in [2.05, 4.69) is 10.6 Å². The number of hydrogen-bond donors (Lipinski definition) is 4. The molecule has 1 aliphatic rings. The second kappa shape index (κ2) is 12.5. The van der Waals surface area contributed by atoms with Gasteiger partial charge in [-0.05, 0) is 43.0 Å². The molecule has 0 aliphatic heterocycles. The second-order valence-electron chi connectivity index (χ2n) is 8.35. The van der Waals surface area contributed by atoms with E-state index in [0.717, 1.165) is 22.9 Å². The van der Waals surface area contributed by atoms with Crippen molar-refractivity contribution in [3.63, 3.8) is 0 Å². The average Bonchev–Trinajstić information content (AvgIpc) is 3.35. The number of nitriles is 1. The van der Waals surface area contributed by atoms with Crippen LogP contribution in [0.3, 0.4) is 0 Å². The summed E-state index contributed by atoms with van der Waals surface area (Å²) in [5.74, 6) is 0. The molecule has 3 rings (SSSR count). The van der Waals surface area contributed by atoms with Gasteiger partial charge >= 0.3 is 6.09 Å². The molecule has 0 radical (unpaired) electrons. The molecule has 0 bridgehead atoms. The number of carbonyl (C=O) groups is 1. The molecule has 10 nitrogen and oxygen atoms in total.